The first-order chi connectivity index (χ1) is 16.2. The highest BCUT2D eigenvalue weighted by molar-refractivity contribution is 7.92. The molecular weight excluding hydrogens is 448 g/mol. The molecule has 0 saturated carbocycles. The molecule has 0 atom stereocenters. The van der Waals surface area contributed by atoms with Crippen LogP contribution >= 0.6 is 0 Å². The molecule has 0 aliphatic heterocycles. The zero-order valence-electron chi connectivity index (χ0n) is 19.2. The predicted octanol–water partition coefficient (Wildman–Crippen LogP) is 4.53. The summed E-state index contributed by atoms with van der Waals surface area (Å²) in [6, 6.07) is 17.9. The van der Waals surface area contributed by atoms with Gasteiger partial charge in [0.05, 0.1) is 16.9 Å². The van der Waals surface area contributed by atoms with Crippen LogP contribution in [0.4, 0.5) is 5.69 Å². The second-order valence-corrected chi connectivity index (χ2v) is 9.89. The van der Waals surface area contributed by atoms with Crippen molar-refractivity contribution < 1.29 is 13.2 Å². The maximum atomic E-state index is 13.1. The molecule has 2 N–H and O–H groups in total. The van der Waals surface area contributed by atoms with Gasteiger partial charge in [-0.2, -0.15) is 0 Å². The summed E-state index contributed by atoms with van der Waals surface area (Å²) in [6.45, 7) is 5.81. The molecule has 0 fully saturated rings. The molecule has 0 radical (unpaired) electrons. The number of imidazole rings is 1. The van der Waals surface area contributed by atoms with Gasteiger partial charge in [0.2, 0.25) is 0 Å². The van der Waals surface area contributed by atoms with Gasteiger partial charge in [0.1, 0.15) is 0 Å². The van der Waals surface area contributed by atoms with E-state index in [4.69, 9.17) is 0 Å². The Labute approximate surface area is 199 Å². The Morgan fingerprint density at radius 3 is 2.41 bits per heavy atom. The van der Waals surface area contributed by atoms with Crippen molar-refractivity contribution >= 4 is 21.6 Å². The third-order valence-electron chi connectivity index (χ3n) is 5.43. The fraction of sp³-hybridized carbons (Fsp3) is 0.154. The lowest BCUT2D eigenvalue weighted by Crippen LogP contribution is -2.24. The smallest absolute Gasteiger partial charge is 0.262 e. The maximum absolute atomic E-state index is 13.1. The molecule has 4 rings (SSSR count). The number of aromatic nitrogens is 2. The minimum Gasteiger partial charge on any atom is -0.348 e. The number of aryl methyl sites for hydroxylation is 3. The molecule has 3 aromatic carbocycles. The molecule has 7 nitrogen and oxygen atoms in total. The monoisotopic (exact) mass is 474 g/mol. The number of hydrogen-bond donors (Lipinski definition) is 2. The van der Waals surface area contributed by atoms with Gasteiger partial charge in [-0.15, -0.1) is 0 Å². The lowest BCUT2D eigenvalue weighted by atomic mass is 10.1. The SMILES string of the molecule is Cc1cc(C)cc(NS(=O)(=O)c2cc(C(=O)NCc3ccccc3-n3ccnc3)ccc2C)c1. The first kappa shape index (κ1) is 23.3. The Kier molecular flexibility index (Phi) is 6.51. The summed E-state index contributed by atoms with van der Waals surface area (Å²) in [5.74, 6) is -0.358. The zero-order valence-corrected chi connectivity index (χ0v) is 20.1. The summed E-state index contributed by atoms with van der Waals surface area (Å²) in [4.78, 5) is 17.1. The van der Waals surface area contributed by atoms with E-state index in [1.54, 1.807) is 43.7 Å². The van der Waals surface area contributed by atoms with E-state index in [1.807, 2.05) is 54.9 Å². The van der Waals surface area contributed by atoms with E-state index < -0.39 is 10.0 Å². The zero-order chi connectivity index (χ0) is 24.3. The van der Waals surface area contributed by atoms with Crippen LogP contribution in [0.1, 0.15) is 32.6 Å². The number of carbonyl (C=O) groups excluding carboxylic acids is 1. The quantitative estimate of drug-likeness (QED) is 0.412. The van der Waals surface area contributed by atoms with Crippen LogP contribution in [0.5, 0.6) is 0 Å². The average Bonchev–Trinajstić information content (AvgIpc) is 3.31. The fourth-order valence-electron chi connectivity index (χ4n) is 3.87. The van der Waals surface area contributed by atoms with Gasteiger partial charge < -0.3 is 9.88 Å². The molecule has 174 valence electrons. The third kappa shape index (κ3) is 5.18. The number of carbonyl (C=O) groups is 1. The maximum Gasteiger partial charge on any atom is 0.262 e. The number of benzene rings is 3. The van der Waals surface area contributed by atoms with Gasteiger partial charge in [0.25, 0.3) is 15.9 Å². The van der Waals surface area contributed by atoms with Crippen molar-refractivity contribution in [2.45, 2.75) is 32.2 Å². The predicted molar refractivity (Wildman–Crippen MR) is 133 cm³/mol. The van der Waals surface area contributed by atoms with Crippen LogP contribution in [-0.4, -0.2) is 23.9 Å². The number of rotatable bonds is 7. The van der Waals surface area contributed by atoms with Gasteiger partial charge in [0, 0.05) is 30.2 Å². The number of amides is 1. The lowest BCUT2D eigenvalue weighted by Gasteiger charge is -2.14. The molecule has 8 heteroatoms. The second-order valence-electron chi connectivity index (χ2n) is 8.24. The summed E-state index contributed by atoms with van der Waals surface area (Å²) in [5.41, 5.74) is 5.04. The summed E-state index contributed by atoms with van der Waals surface area (Å²) >= 11 is 0. The molecule has 0 aliphatic rings. The number of nitrogens with zero attached hydrogens (tertiary/aromatic N) is 2. The summed E-state index contributed by atoms with van der Waals surface area (Å²) < 4.78 is 30.8. The van der Waals surface area contributed by atoms with Crippen molar-refractivity contribution in [3.8, 4) is 5.69 Å². The van der Waals surface area contributed by atoms with Gasteiger partial charge in [-0.05, 0) is 73.4 Å². The van der Waals surface area contributed by atoms with Crippen molar-refractivity contribution in [1.29, 1.82) is 0 Å². The van der Waals surface area contributed by atoms with E-state index in [9.17, 15) is 13.2 Å². The van der Waals surface area contributed by atoms with E-state index in [0.29, 0.717) is 11.3 Å². The van der Waals surface area contributed by atoms with E-state index in [1.165, 1.54) is 6.07 Å². The average molecular weight is 475 g/mol. The molecule has 1 heterocycles. The van der Waals surface area contributed by atoms with E-state index in [2.05, 4.69) is 15.0 Å². The molecule has 34 heavy (non-hydrogen) atoms. The topological polar surface area (TPSA) is 93.1 Å². The van der Waals surface area contributed by atoms with Crippen molar-refractivity contribution in [3.63, 3.8) is 0 Å². The highest BCUT2D eigenvalue weighted by Crippen LogP contribution is 2.23. The van der Waals surface area contributed by atoms with Crippen LogP contribution in [0.3, 0.4) is 0 Å². The first-order valence-electron chi connectivity index (χ1n) is 10.8. The van der Waals surface area contributed by atoms with E-state index in [-0.39, 0.29) is 22.9 Å². The standard InChI is InChI=1S/C26H26N4O3S/c1-18-12-19(2)14-23(13-18)29-34(32,33)25-15-21(9-8-20(25)3)26(31)28-16-22-6-4-5-7-24(22)30-11-10-27-17-30/h4-15,17,29H,16H2,1-3H3,(H,28,31). The summed E-state index contributed by atoms with van der Waals surface area (Å²) in [7, 11) is -3.88. The van der Waals surface area contributed by atoms with Crippen LogP contribution in [0.15, 0.2) is 84.3 Å². The van der Waals surface area contributed by atoms with Crippen LogP contribution < -0.4 is 10.0 Å². The highest BCUT2D eigenvalue weighted by atomic mass is 32.2. The minimum absolute atomic E-state index is 0.0677. The van der Waals surface area contributed by atoms with Gasteiger partial charge in [-0.3, -0.25) is 9.52 Å². The highest BCUT2D eigenvalue weighted by Gasteiger charge is 2.20. The molecule has 1 aromatic heterocycles. The van der Waals surface area contributed by atoms with Gasteiger partial charge in [-0.1, -0.05) is 30.3 Å². The summed E-state index contributed by atoms with van der Waals surface area (Å²) in [6.07, 6.45) is 5.22. The number of anilines is 1. The van der Waals surface area contributed by atoms with Gasteiger partial charge >= 0.3 is 0 Å². The van der Waals surface area contributed by atoms with E-state index in [0.717, 1.165) is 22.4 Å². The normalized spacial score (nSPS) is 11.3. The van der Waals surface area contributed by atoms with Crippen molar-refractivity contribution in [2.24, 2.45) is 0 Å². The van der Waals surface area contributed by atoms with Gasteiger partial charge in [-0.25, -0.2) is 13.4 Å². The number of sulfonamides is 1. The Balaban J connectivity index is 1.55. The van der Waals surface area contributed by atoms with Crippen LogP contribution in [0, 0.1) is 20.8 Å². The van der Waals surface area contributed by atoms with Crippen LogP contribution in [0.2, 0.25) is 0 Å². The molecular formula is C26H26N4O3S. The third-order valence-corrected chi connectivity index (χ3v) is 6.95. The number of para-hydroxylation sites is 1. The second kappa shape index (κ2) is 9.52. The molecule has 0 spiro atoms. The number of nitrogens with one attached hydrogen (secondary N) is 2. The Bertz CT molecular complexity index is 1420. The van der Waals surface area contributed by atoms with Crippen LogP contribution in [-0.2, 0) is 16.6 Å². The Hall–Kier alpha value is -3.91. The number of hydrogen-bond acceptors (Lipinski definition) is 4. The molecule has 0 aliphatic carbocycles. The molecule has 1 amide bonds. The van der Waals surface area contributed by atoms with E-state index >= 15 is 0 Å². The van der Waals surface area contributed by atoms with Crippen molar-refractivity contribution in [3.05, 3.63) is 107 Å². The molecule has 0 bridgehead atoms. The molecule has 0 unspecified atom stereocenters. The van der Waals surface area contributed by atoms with Crippen molar-refractivity contribution in [2.75, 3.05) is 4.72 Å². The largest absolute Gasteiger partial charge is 0.348 e. The first-order valence-corrected chi connectivity index (χ1v) is 12.3. The fourth-order valence-corrected chi connectivity index (χ4v) is 5.18. The minimum atomic E-state index is -3.88. The van der Waals surface area contributed by atoms with Gasteiger partial charge in [0.15, 0.2) is 0 Å². The van der Waals surface area contributed by atoms with Crippen LogP contribution in [0.25, 0.3) is 5.69 Å². The summed E-state index contributed by atoms with van der Waals surface area (Å²) in [5, 5.41) is 2.89. The lowest BCUT2D eigenvalue weighted by molar-refractivity contribution is 0.0950. The molecule has 4 aromatic rings. The Morgan fingerprint density at radius 1 is 0.971 bits per heavy atom. The van der Waals surface area contributed by atoms with Crippen molar-refractivity contribution in [1.82, 2.24) is 14.9 Å². The Morgan fingerprint density at radius 2 is 1.71 bits per heavy atom. The molecule has 0 saturated heterocycles.